The lowest BCUT2D eigenvalue weighted by Gasteiger charge is -2.18. The summed E-state index contributed by atoms with van der Waals surface area (Å²) in [7, 11) is 0. The molecule has 57 heavy (non-hydrogen) atoms. The molecule has 6 rings (SSSR count). The van der Waals surface area contributed by atoms with Gasteiger partial charge >= 0.3 is 0 Å². The third-order valence-electron chi connectivity index (χ3n) is 9.82. The average Bonchev–Trinajstić information content (AvgIpc) is 3.97. The second-order valence-corrected chi connectivity index (χ2v) is 16.6. The Morgan fingerprint density at radius 2 is 1.04 bits per heavy atom. The first-order valence-electron chi connectivity index (χ1n) is 21.3. The summed E-state index contributed by atoms with van der Waals surface area (Å²) in [5.41, 5.74) is 5.91. The highest BCUT2D eigenvalue weighted by molar-refractivity contribution is 5.70. The smallest absolute Gasteiger partial charge is 0.251 e. The maximum absolute atomic E-state index is 6.45. The van der Waals surface area contributed by atoms with Crippen LogP contribution in [0.1, 0.15) is 147 Å². The molecule has 1 aliphatic rings. The molecule has 1 saturated carbocycles. The van der Waals surface area contributed by atoms with Gasteiger partial charge in [-0.1, -0.05) is 134 Å². The van der Waals surface area contributed by atoms with Crippen molar-refractivity contribution in [3.8, 4) is 64.4 Å². The molecule has 0 radical (unpaired) electrons. The Labute approximate surface area is 345 Å². The molecule has 3 aromatic carbocycles. The number of unbranched alkanes of at least 4 members (excludes halogenated alkanes) is 1. The van der Waals surface area contributed by atoms with Gasteiger partial charge in [0.1, 0.15) is 5.75 Å². The van der Waals surface area contributed by atoms with Gasteiger partial charge in [0.15, 0.2) is 0 Å². The molecule has 3 atom stereocenters. The fraction of sp³-hybridized carbons (Fsp3) is 0.520. The maximum atomic E-state index is 6.45. The second kappa shape index (κ2) is 23.5. The molecule has 3 unspecified atom stereocenters. The minimum absolute atomic E-state index is 0.0658. The monoisotopic (exact) mass is 777 g/mol. The van der Waals surface area contributed by atoms with Gasteiger partial charge in [0, 0.05) is 16.7 Å². The number of nitrogens with zero attached hydrogens (tertiary/aromatic N) is 4. The van der Waals surface area contributed by atoms with Crippen LogP contribution in [0.2, 0.25) is 0 Å². The van der Waals surface area contributed by atoms with Gasteiger partial charge in [-0.3, -0.25) is 0 Å². The molecular weight excluding hydrogens is 705 g/mol. The van der Waals surface area contributed by atoms with Crippen molar-refractivity contribution in [2.75, 3.05) is 6.61 Å². The molecule has 1 fully saturated rings. The van der Waals surface area contributed by atoms with Gasteiger partial charge in [-0.05, 0) is 108 Å². The Morgan fingerprint density at radius 1 is 0.614 bits per heavy atom. The number of terminal acetylenes is 1. The first-order chi connectivity index (χ1) is 27.3. The van der Waals surface area contributed by atoms with E-state index in [1.54, 1.807) is 0 Å². The maximum Gasteiger partial charge on any atom is 0.251 e. The van der Waals surface area contributed by atoms with E-state index in [9.17, 15) is 0 Å². The molecule has 0 N–H and O–H groups in total. The van der Waals surface area contributed by atoms with Crippen LogP contribution in [0, 0.1) is 30.6 Å². The molecule has 7 heteroatoms. The summed E-state index contributed by atoms with van der Waals surface area (Å²) in [6, 6.07) is 22.4. The Hall–Kier alpha value is -4.70. The van der Waals surface area contributed by atoms with E-state index in [1.165, 1.54) is 36.8 Å². The lowest BCUT2D eigenvalue weighted by Crippen LogP contribution is -2.10. The fourth-order valence-corrected chi connectivity index (χ4v) is 6.85. The van der Waals surface area contributed by atoms with Crippen molar-refractivity contribution in [2.45, 2.75) is 146 Å². The minimum atomic E-state index is 0.0658. The highest BCUT2D eigenvalue weighted by atomic mass is 16.5. The van der Waals surface area contributed by atoms with E-state index in [2.05, 4.69) is 127 Å². The first-order valence-corrected chi connectivity index (χ1v) is 21.3. The number of ether oxygens (including phenoxy) is 1. The van der Waals surface area contributed by atoms with E-state index < -0.39 is 0 Å². The molecule has 0 saturated heterocycles. The molecule has 0 bridgehead atoms. The number of hydrogen-bond acceptors (Lipinski definition) is 7. The Morgan fingerprint density at radius 3 is 1.47 bits per heavy atom. The minimum Gasteiger partial charge on any atom is -0.493 e. The lowest BCUT2D eigenvalue weighted by molar-refractivity contribution is 0.292. The standard InChI is InChI=1S/C41H50N4O3.C3H8.2C2H6.C2H2/c1-26-23-27(2)30(24-26)11-9-10-22-46-35-25-31(38-44-42-36(47-38)28-12-17-32(18-13-28)40(3,4)5)16-21-34(35)39-45-43-37(48-39)29-14-19-33(20-15-29)41(6,7)8;1-3-2;3*1-2/h12-21,25-27,30H,9-11,22-24H2,1-8H3;3H2,1-2H3;2*1-2H3;1-2H. The average molecular weight is 777 g/mol. The molecule has 5 aromatic rings. The molecule has 310 valence electrons. The van der Waals surface area contributed by atoms with Crippen LogP contribution in [0.15, 0.2) is 75.6 Å². The highest BCUT2D eigenvalue weighted by Gasteiger charge is 2.28. The number of rotatable bonds is 10. The summed E-state index contributed by atoms with van der Waals surface area (Å²) in [6.45, 7) is 30.8. The Kier molecular flexibility index (Phi) is 20.0. The van der Waals surface area contributed by atoms with Crippen LogP contribution < -0.4 is 4.74 Å². The van der Waals surface area contributed by atoms with Crippen molar-refractivity contribution in [3.05, 3.63) is 77.9 Å². The fourth-order valence-electron chi connectivity index (χ4n) is 6.85. The Bertz CT molecular complexity index is 1870. The van der Waals surface area contributed by atoms with Crippen molar-refractivity contribution in [3.63, 3.8) is 0 Å². The van der Waals surface area contributed by atoms with Crippen LogP contribution in [0.3, 0.4) is 0 Å². The van der Waals surface area contributed by atoms with Crippen molar-refractivity contribution in [1.82, 2.24) is 20.4 Å². The van der Waals surface area contributed by atoms with Gasteiger partial charge in [0.2, 0.25) is 17.7 Å². The van der Waals surface area contributed by atoms with E-state index in [4.69, 9.17) is 13.6 Å². The zero-order valence-electron chi connectivity index (χ0n) is 37.7. The molecule has 1 aliphatic carbocycles. The van der Waals surface area contributed by atoms with Crippen LogP contribution in [-0.4, -0.2) is 27.0 Å². The van der Waals surface area contributed by atoms with E-state index in [1.807, 2.05) is 70.2 Å². The number of aromatic nitrogens is 4. The number of benzene rings is 3. The summed E-state index contributed by atoms with van der Waals surface area (Å²) in [5, 5.41) is 17.6. The summed E-state index contributed by atoms with van der Waals surface area (Å²) in [5.74, 6) is 4.92. The van der Waals surface area contributed by atoms with Gasteiger partial charge in [0.25, 0.3) is 5.89 Å². The van der Waals surface area contributed by atoms with E-state index in [-0.39, 0.29) is 10.8 Å². The normalized spacial score (nSPS) is 16.0. The van der Waals surface area contributed by atoms with E-state index in [0.29, 0.717) is 35.9 Å². The molecule has 2 heterocycles. The van der Waals surface area contributed by atoms with Crippen molar-refractivity contribution in [2.24, 2.45) is 17.8 Å². The van der Waals surface area contributed by atoms with Gasteiger partial charge in [-0.2, -0.15) is 0 Å². The van der Waals surface area contributed by atoms with Crippen LogP contribution in [-0.2, 0) is 10.8 Å². The van der Waals surface area contributed by atoms with Gasteiger partial charge in [-0.25, -0.2) is 0 Å². The van der Waals surface area contributed by atoms with Gasteiger partial charge in [-0.15, -0.1) is 33.2 Å². The van der Waals surface area contributed by atoms with E-state index >= 15 is 0 Å². The molecule has 7 nitrogen and oxygen atoms in total. The van der Waals surface area contributed by atoms with Gasteiger partial charge in [0.05, 0.1) is 12.2 Å². The van der Waals surface area contributed by atoms with E-state index in [0.717, 1.165) is 52.8 Å². The quantitative estimate of drug-likeness (QED) is 0.103. The highest BCUT2D eigenvalue weighted by Crippen LogP contribution is 2.39. The molecule has 2 aromatic heterocycles. The summed E-state index contributed by atoms with van der Waals surface area (Å²) >= 11 is 0. The number of hydrogen-bond donors (Lipinski definition) is 0. The van der Waals surface area contributed by atoms with Crippen LogP contribution in [0.25, 0.3) is 45.8 Å². The van der Waals surface area contributed by atoms with Crippen LogP contribution in [0.4, 0.5) is 0 Å². The zero-order chi connectivity index (χ0) is 42.8. The summed E-state index contributed by atoms with van der Waals surface area (Å²) in [6.07, 6.45) is 15.3. The lowest BCUT2D eigenvalue weighted by atomic mass is 9.87. The second-order valence-electron chi connectivity index (χ2n) is 16.6. The third-order valence-corrected chi connectivity index (χ3v) is 9.82. The topological polar surface area (TPSA) is 87.1 Å². The molecular formula is C50H72N4O3. The summed E-state index contributed by atoms with van der Waals surface area (Å²) < 4.78 is 18.8. The Balaban J connectivity index is 0.00000116. The van der Waals surface area contributed by atoms with Gasteiger partial charge < -0.3 is 13.6 Å². The van der Waals surface area contributed by atoms with Crippen molar-refractivity contribution < 1.29 is 13.6 Å². The zero-order valence-corrected chi connectivity index (χ0v) is 37.7. The molecule has 0 aliphatic heterocycles. The first kappa shape index (κ1) is 48.4. The van der Waals surface area contributed by atoms with Crippen molar-refractivity contribution in [1.29, 1.82) is 0 Å². The predicted octanol–water partition coefficient (Wildman–Crippen LogP) is 14.7. The SMILES string of the molecule is C#C.CC.CC.CC1CC(C)C(CCCCOc2cc(-c3nnc(-c4ccc(C(C)(C)C)cc4)o3)ccc2-c2nnc(-c3ccc(C(C)(C)C)cc3)o2)C1.CCC. The third kappa shape index (κ3) is 14.0. The van der Waals surface area contributed by atoms with Crippen LogP contribution >= 0.6 is 0 Å². The van der Waals surface area contributed by atoms with Crippen molar-refractivity contribution >= 4 is 0 Å². The predicted molar refractivity (Wildman–Crippen MR) is 240 cm³/mol. The molecule has 0 amide bonds. The summed E-state index contributed by atoms with van der Waals surface area (Å²) in [4.78, 5) is 0. The molecule has 0 spiro atoms. The van der Waals surface area contributed by atoms with Crippen LogP contribution in [0.5, 0.6) is 5.75 Å². The largest absolute Gasteiger partial charge is 0.493 e.